The normalized spacial score (nSPS) is 12.5. The van der Waals surface area contributed by atoms with Gasteiger partial charge in [0.1, 0.15) is 0 Å². The lowest BCUT2D eigenvalue weighted by Crippen LogP contribution is -2.39. The van der Waals surface area contributed by atoms with E-state index in [1.165, 1.54) is 5.56 Å². The van der Waals surface area contributed by atoms with Crippen molar-refractivity contribution in [1.82, 2.24) is 10.6 Å². The van der Waals surface area contributed by atoms with Gasteiger partial charge < -0.3 is 10.6 Å². The summed E-state index contributed by atoms with van der Waals surface area (Å²) >= 11 is 1.85. The lowest BCUT2D eigenvalue weighted by atomic mass is 10.2. The van der Waals surface area contributed by atoms with Gasteiger partial charge in [-0.3, -0.25) is 4.99 Å². The van der Waals surface area contributed by atoms with E-state index in [0.29, 0.717) is 5.25 Å². The maximum absolute atomic E-state index is 4.19. The first-order valence-electron chi connectivity index (χ1n) is 5.77. The van der Waals surface area contributed by atoms with Crippen LogP contribution in [0.5, 0.6) is 0 Å². The highest BCUT2D eigenvalue weighted by Gasteiger charge is 2.01. The first-order valence-corrected chi connectivity index (χ1v) is 7.06. The summed E-state index contributed by atoms with van der Waals surface area (Å²) < 4.78 is 0. The van der Waals surface area contributed by atoms with Gasteiger partial charge in [0.25, 0.3) is 0 Å². The molecule has 0 bridgehead atoms. The lowest BCUT2D eigenvalue weighted by molar-refractivity contribution is 0.791. The third-order valence-corrected chi connectivity index (χ3v) is 3.46. The molecule has 1 rings (SSSR count). The summed E-state index contributed by atoms with van der Waals surface area (Å²) in [5.41, 5.74) is 1.26. The van der Waals surface area contributed by atoms with Crippen LogP contribution >= 0.6 is 35.7 Å². The number of nitrogens with zero attached hydrogens (tertiary/aromatic N) is 1. The molecule has 1 atom stereocenters. The van der Waals surface area contributed by atoms with Gasteiger partial charge >= 0.3 is 0 Å². The van der Waals surface area contributed by atoms with E-state index in [2.05, 4.69) is 40.9 Å². The van der Waals surface area contributed by atoms with Gasteiger partial charge in [0, 0.05) is 25.4 Å². The molecule has 1 unspecified atom stereocenters. The minimum Gasteiger partial charge on any atom is -0.355 e. The molecular weight excluding hydrogens is 357 g/mol. The highest BCUT2D eigenvalue weighted by molar-refractivity contribution is 14.0. The highest BCUT2D eigenvalue weighted by atomic mass is 127. The number of benzene rings is 1. The minimum absolute atomic E-state index is 0. The van der Waals surface area contributed by atoms with E-state index < -0.39 is 0 Å². The molecule has 0 aliphatic carbocycles. The molecule has 0 saturated heterocycles. The van der Waals surface area contributed by atoms with E-state index in [9.17, 15) is 0 Å². The SMILES string of the molecule is CN=C(NCc1ccccc1)NCC(C)SC.I. The third-order valence-electron chi connectivity index (χ3n) is 2.49. The summed E-state index contributed by atoms with van der Waals surface area (Å²) in [7, 11) is 1.80. The predicted molar refractivity (Wildman–Crippen MR) is 93.0 cm³/mol. The Balaban J connectivity index is 0.00000289. The number of hydrogen-bond donors (Lipinski definition) is 2. The van der Waals surface area contributed by atoms with E-state index in [1.807, 2.05) is 30.0 Å². The van der Waals surface area contributed by atoms with Crippen LogP contribution in [0.2, 0.25) is 0 Å². The van der Waals surface area contributed by atoms with Crippen molar-refractivity contribution in [2.24, 2.45) is 4.99 Å². The molecule has 0 heterocycles. The van der Waals surface area contributed by atoms with E-state index in [0.717, 1.165) is 19.0 Å². The van der Waals surface area contributed by atoms with Crippen molar-refractivity contribution < 1.29 is 0 Å². The molecule has 102 valence electrons. The molecule has 0 aliphatic heterocycles. The van der Waals surface area contributed by atoms with Gasteiger partial charge in [-0.05, 0) is 11.8 Å². The van der Waals surface area contributed by atoms with Crippen LogP contribution in [0.1, 0.15) is 12.5 Å². The lowest BCUT2D eigenvalue weighted by Gasteiger charge is -2.14. The number of thioether (sulfide) groups is 1. The minimum atomic E-state index is 0. The van der Waals surface area contributed by atoms with Crippen LogP contribution in [-0.2, 0) is 6.54 Å². The summed E-state index contributed by atoms with van der Waals surface area (Å²) in [6, 6.07) is 10.3. The molecule has 3 nitrogen and oxygen atoms in total. The molecule has 1 aromatic carbocycles. The monoisotopic (exact) mass is 379 g/mol. The zero-order chi connectivity index (χ0) is 12.5. The topological polar surface area (TPSA) is 36.4 Å². The molecular formula is C13H22IN3S. The number of rotatable bonds is 5. The Morgan fingerprint density at radius 1 is 1.28 bits per heavy atom. The average molecular weight is 379 g/mol. The van der Waals surface area contributed by atoms with E-state index in [4.69, 9.17) is 0 Å². The fourth-order valence-electron chi connectivity index (χ4n) is 1.33. The van der Waals surface area contributed by atoms with Crippen molar-refractivity contribution in [3.8, 4) is 0 Å². The Hall–Kier alpha value is -0.430. The Bertz CT molecular complexity index is 343. The van der Waals surface area contributed by atoms with Gasteiger partial charge in [-0.2, -0.15) is 11.8 Å². The largest absolute Gasteiger partial charge is 0.355 e. The summed E-state index contributed by atoms with van der Waals surface area (Å²) in [6.07, 6.45) is 2.12. The molecule has 0 spiro atoms. The second-order valence-electron chi connectivity index (χ2n) is 3.84. The van der Waals surface area contributed by atoms with Crippen molar-refractivity contribution in [1.29, 1.82) is 0 Å². The van der Waals surface area contributed by atoms with Gasteiger partial charge in [-0.15, -0.1) is 24.0 Å². The Labute approximate surface area is 131 Å². The second kappa shape index (κ2) is 10.5. The fourth-order valence-corrected chi connectivity index (χ4v) is 1.58. The number of aliphatic imine (C=N–C) groups is 1. The Morgan fingerprint density at radius 2 is 1.94 bits per heavy atom. The Kier molecular flexibility index (Phi) is 10.2. The van der Waals surface area contributed by atoms with E-state index >= 15 is 0 Å². The number of halogens is 1. The summed E-state index contributed by atoms with van der Waals surface area (Å²) in [6.45, 7) is 3.92. The second-order valence-corrected chi connectivity index (χ2v) is 5.11. The van der Waals surface area contributed by atoms with Crippen LogP contribution < -0.4 is 10.6 Å². The average Bonchev–Trinajstić information content (AvgIpc) is 2.39. The molecule has 18 heavy (non-hydrogen) atoms. The van der Waals surface area contributed by atoms with E-state index in [-0.39, 0.29) is 24.0 Å². The number of hydrogen-bond acceptors (Lipinski definition) is 2. The van der Waals surface area contributed by atoms with Crippen molar-refractivity contribution in [2.75, 3.05) is 19.8 Å². The van der Waals surface area contributed by atoms with Gasteiger partial charge in [0.05, 0.1) is 0 Å². The van der Waals surface area contributed by atoms with Crippen molar-refractivity contribution >= 4 is 41.7 Å². The molecule has 0 saturated carbocycles. The number of guanidine groups is 1. The maximum atomic E-state index is 4.19. The van der Waals surface area contributed by atoms with Crippen LogP contribution in [0, 0.1) is 0 Å². The molecule has 2 N–H and O–H groups in total. The highest BCUT2D eigenvalue weighted by Crippen LogP contribution is 2.02. The van der Waals surface area contributed by atoms with Crippen LogP contribution in [0.15, 0.2) is 35.3 Å². The molecule has 0 fully saturated rings. The van der Waals surface area contributed by atoms with Gasteiger partial charge in [0.15, 0.2) is 5.96 Å². The van der Waals surface area contributed by atoms with Gasteiger partial charge in [0.2, 0.25) is 0 Å². The zero-order valence-corrected chi connectivity index (χ0v) is 14.3. The summed E-state index contributed by atoms with van der Waals surface area (Å²) in [5, 5.41) is 7.19. The zero-order valence-electron chi connectivity index (χ0n) is 11.1. The molecule has 0 aromatic heterocycles. The summed E-state index contributed by atoms with van der Waals surface area (Å²) in [4.78, 5) is 4.19. The fraction of sp³-hybridized carbons (Fsp3) is 0.462. The van der Waals surface area contributed by atoms with Gasteiger partial charge in [-0.1, -0.05) is 37.3 Å². The van der Waals surface area contributed by atoms with Crippen LogP contribution in [0.4, 0.5) is 0 Å². The van der Waals surface area contributed by atoms with Crippen molar-refractivity contribution in [3.63, 3.8) is 0 Å². The Morgan fingerprint density at radius 3 is 2.50 bits per heavy atom. The van der Waals surface area contributed by atoms with Crippen LogP contribution in [-0.4, -0.2) is 31.1 Å². The molecule has 0 aliphatic rings. The molecule has 1 aromatic rings. The molecule has 0 amide bonds. The first kappa shape index (κ1) is 17.6. The van der Waals surface area contributed by atoms with Crippen LogP contribution in [0.3, 0.4) is 0 Å². The first-order chi connectivity index (χ1) is 8.26. The smallest absolute Gasteiger partial charge is 0.191 e. The predicted octanol–water partition coefficient (Wildman–Crippen LogP) is 2.72. The van der Waals surface area contributed by atoms with Crippen LogP contribution in [0.25, 0.3) is 0 Å². The maximum Gasteiger partial charge on any atom is 0.191 e. The third kappa shape index (κ3) is 7.10. The van der Waals surface area contributed by atoms with E-state index in [1.54, 1.807) is 7.05 Å². The van der Waals surface area contributed by atoms with Crippen molar-refractivity contribution in [3.05, 3.63) is 35.9 Å². The quantitative estimate of drug-likeness (QED) is 0.469. The van der Waals surface area contributed by atoms with Gasteiger partial charge in [-0.25, -0.2) is 0 Å². The molecule has 5 heteroatoms. The number of nitrogens with one attached hydrogen (secondary N) is 2. The van der Waals surface area contributed by atoms with Crippen molar-refractivity contribution in [2.45, 2.75) is 18.7 Å². The standard InChI is InChI=1S/C13H21N3S.HI/c1-11(17-3)9-15-13(14-2)16-10-12-7-5-4-6-8-12;/h4-8,11H,9-10H2,1-3H3,(H2,14,15,16);1H. The summed E-state index contributed by atoms with van der Waals surface area (Å²) in [5.74, 6) is 0.856. The molecule has 0 radical (unpaired) electrons.